The average Bonchev–Trinajstić information content (AvgIpc) is 3.41. The lowest BCUT2D eigenvalue weighted by Gasteiger charge is -2.34. The summed E-state index contributed by atoms with van der Waals surface area (Å²) in [6, 6.07) is 33.8. The van der Waals surface area contributed by atoms with E-state index in [4.69, 9.17) is 19.4 Å². The van der Waals surface area contributed by atoms with E-state index in [1.807, 2.05) is 12.1 Å². The Morgan fingerprint density at radius 2 is 0.958 bits per heavy atom. The first-order valence-electron chi connectivity index (χ1n) is 22.9. The lowest BCUT2D eigenvalue weighted by Crippen LogP contribution is -2.53. The van der Waals surface area contributed by atoms with Gasteiger partial charge in [0.05, 0.1) is 63.0 Å². The van der Waals surface area contributed by atoms with Crippen LogP contribution in [0.4, 0.5) is 57.1 Å². The molecule has 0 aliphatic carbocycles. The number of anilines is 6. The standard InChI is InChI=1S/C52H44F3N13O4/c53-52(54,55)35-3-5-36(6-4-35)61-50(69)68(39-11-15-41(16-12-39)72-43-18-20-45-47(30-43)64-49(33-60-45)66-27-23-58-24-28-66)67(38-9-1-34(31-56)2-10-38)51(70)62-37-7-13-40(14-8-37)71-42-17-19-44-46(29-42)63-48(32-59-44)65-25-21-57-22-26-65/h1-20,29-30,32-33,57-58H,21-28H2,(H,61,69)(H,62,70). The Morgan fingerprint density at radius 1 is 0.556 bits per heavy atom. The monoisotopic (exact) mass is 971 g/mol. The predicted molar refractivity (Wildman–Crippen MR) is 268 cm³/mol. The number of urea groups is 2. The van der Waals surface area contributed by atoms with Crippen molar-refractivity contribution in [2.75, 3.05) is 82.8 Å². The highest BCUT2D eigenvalue weighted by Gasteiger charge is 2.32. The summed E-state index contributed by atoms with van der Waals surface area (Å²) in [6.07, 6.45) is -1.08. The summed E-state index contributed by atoms with van der Waals surface area (Å²) in [5.74, 6) is 3.37. The molecule has 2 aliphatic rings. The fraction of sp³-hybridized carbons (Fsp3) is 0.173. The van der Waals surface area contributed by atoms with Crippen LogP contribution in [-0.2, 0) is 6.18 Å². The second-order valence-electron chi connectivity index (χ2n) is 16.7. The van der Waals surface area contributed by atoms with Gasteiger partial charge in [0.25, 0.3) is 0 Å². The number of hydrogen-bond acceptors (Lipinski definition) is 13. The molecule has 2 saturated heterocycles. The van der Waals surface area contributed by atoms with Crippen LogP contribution in [0, 0.1) is 11.3 Å². The first-order chi connectivity index (χ1) is 35.0. The zero-order valence-corrected chi connectivity index (χ0v) is 38.3. The predicted octanol–water partition coefficient (Wildman–Crippen LogP) is 9.56. The topological polar surface area (TPSA) is 189 Å². The maximum absolute atomic E-state index is 14.7. The van der Waals surface area contributed by atoms with Gasteiger partial charge in [-0.25, -0.2) is 19.6 Å². The molecule has 2 aromatic heterocycles. The van der Waals surface area contributed by atoms with Gasteiger partial charge in [0, 0.05) is 75.9 Å². The number of carbonyl (C=O) groups is 2. The van der Waals surface area contributed by atoms with E-state index in [1.54, 1.807) is 85.2 Å². The number of nitriles is 1. The molecule has 4 amide bonds. The lowest BCUT2D eigenvalue weighted by atomic mass is 10.2. The van der Waals surface area contributed by atoms with Crippen LogP contribution >= 0.6 is 0 Å². The molecule has 0 unspecified atom stereocenters. The molecule has 2 aliphatic heterocycles. The molecule has 362 valence electrons. The van der Waals surface area contributed by atoms with Crippen LogP contribution in [0.3, 0.4) is 0 Å². The summed E-state index contributed by atoms with van der Waals surface area (Å²) in [5.41, 5.74) is 2.74. The zero-order valence-electron chi connectivity index (χ0n) is 38.3. The normalized spacial score (nSPS) is 13.8. The second kappa shape index (κ2) is 20.5. The van der Waals surface area contributed by atoms with E-state index >= 15 is 0 Å². The van der Waals surface area contributed by atoms with Crippen molar-refractivity contribution in [3.05, 3.63) is 157 Å². The highest BCUT2D eigenvalue weighted by Crippen LogP contribution is 2.33. The Balaban J connectivity index is 0.925. The largest absolute Gasteiger partial charge is 0.457 e. The number of nitrogens with zero attached hydrogens (tertiary/aromatic N) is 9. The molecule has 8 aromatic rings. The molecule has 2 fully saturated rings. The molecule has 0 atom stereocenters. The van der Waals surface area contributed by atoms with Crippen molar-refractivity contribution >= 4 is 68.5 Å². The number of alkyl halides is 3. The lowest BCUT2D eigenvalue weighted by molar-refractivity contribution is -0.137. The van der Waals surface area contributed by atoms with Gasteiger partial charge in [0.1, 0.15) is 34.6 Å². The Kier molecular flexibility index (Phi) is 13.3. The number of ether oxygens (including phenoxy) is 2. The third-order valence-electron chi connectivity index (χ3n) is 11.8. The van der Waals surface area contributed by atoms with E-state index < -0.39 is 23.8 Å². The maximum Gasteiger partial charge on any atom is 0.416 e. The molecular weight excluding hydrogens is 928 g/mol. The minimum absolute atomic E-state index is 0.0201. The van der Waals surface area contributed by atoms with Crippen LogP contribution in [-0.4, -0.2) is 84.4 Å². The second-order valence-corrected chi connectivity index (χ2v) is 16.7. The molecular formula is C52H44F3N13O4. The number of fused-ring (bicyclic) bond motifs is 2. The molecule has 4 heterocycles. The number of halogens is 3. The number of piperazine rings is 2. The quantitative estimate of drug-likeness (QED) is 0.0950. The molecule has 72 heavy (non-hydrogen) atoms. The average molecular weight is 972 g/mol. The van der Waals surface area contributed by atoms with E-state index in [1.165, 1.54) is 24.3 Å². The first-order valence-corrected chi connectivity index (χ1v) is 22.9. The summed E-state index contributed by atoms with van der Waals surface area (Å²) in [7, 11) is 0. The van der Waals surface area contributed by atoms with Gasteiger partial charge in [-0.1, -0.05) is 0 Å². The minimum Gasteiger partial charge on any atom is -0.457 e. The van der Waals surface area contributed by atoms with Gasteiger partial charge in [-0.3, -0.25) is 9.97 Å². The fourth-order valence-corrected chi connectivity index (χ4v) is 8.14. The highest BCUT2D eigenvalue weighted by molar-refractivity contribution is 6.13. The van der Waals surface area contributed by atoms with Crippen LogP contribution in [0.15, 0.2) is 146 Å². The van der Waals surface area contributed by atoms with E-state index in [0.29, 0.717) is 50.8 Å². The minimum atomic E-state index is -4.61. The smallest absolute Gasteiger partial charge is 0.416 e. The van der Waals surface area contributed by atoms with Gasteiger partial charge in [0.15, 0.2) is 0 Å². The van der Waals surface area contributed by atoms with Gasteiger partial charge in [-0.2, -0.15) is 28.5 Å². The van der Waals surface area contributed by atoms with E-state index in [9.17, 15) is 28.0 Å². The number of rotatable bonds is 10. The fourth-order valence-electron chi connectivity index (χ4n) is 8.14. The Labute approximate surface area is 410 Å². The van der Waals surface area contributed by atoms with Crippen molar-refractivity contribution < 1.29 is 32.2 Å². The van der Waals surface area contributed by atoms with Gasteiger partial charge in [-0.15, -0.1) is 0 Å². The third-order valence-corrected chi connectivity index (χ3v) is 11.8. The molecule has 0 bridgehead atoms. The van der Waals surface area contributed by atoms with Crippen molar-refractivity contribution in [3.63, 3.8) is 0 Å². The van der Waals surface area contributed by atoms with E-state index in [0.717, 1.165) is 98.3 Å². The van der Waals surface area contributed by atoms with Crippen LogP contribution in [0.2, 0.25) is 0 Å². The van der Waals surface area contributed by atoms with Gasteiger partial charge < -0.3 is 40.5 Å². The Bertz CT molecular complexity index is 3270. The van der Waals surface area contributed by atoms with Gasteiger partial charge >= 0.3 is 18.2 Å². The molecule has 20 heteroatoms. The van der Waals surface area contributed by atoms with Crippen LogP contribution < -0.4 is 50.6 Å². The molecule has 0 saturated carbocycles. The van der Waals surface area contributed by atoms with Gasteiger partial charge in [-0.05, 0) is 121 Å². The Morgan fingerprint density at radius 3 is 1.39 bits per heavy atom. The van der Waals surface area contributed by atoms with Crippen molar-refractivity contribution in [3.8, 4) is 29.1 Å². The SMILES string of the molecule is N#Cc1ccc(N(C(=O)Nc2ccc(Oc3ccc4ncc(N5CCNCC5)nc4c3)cc2)N(C(=O)Nc2ccc(C(F)(F)F)cc2)c2ccc(Oc3ccc4ncc(N5CCNCC5)nc4c3)cc2)cc1. The summed E-state index contributed by atoms with van der Waals surface area (Å²) in [6.45, 7) is 6.66. The molecule has 10 rings (SSSR count). The summed E-state index contributed by atoms with van der Waals surface area (Å²) in [4.78, 5) is 52.4. The number of hydrogen-bond donors (Lipinski definition) is 4. The van der Waals surface area contributed by atoms with Crippen molar-refractivity contribution in [1.29, 1.82) is 5.26 Å². The number of nitrogens with one attached hydrogen (secondary N) is 4. The van der Waals surface area contributed by atoms with E-state index in [-0.39, 0.29) is 22.6 Å². The number of hydrazine groups is 1. The highest BCUT2D eigenvalue weighted by atomic mass is 19.4. The number of benzene rings is 6. The zero-order chi connectivity index (χ0) is 49.6. The summed E-state index contributed by atoms with van der Waals surface area (Å²) < 4.78 is 53.0. The molecule has 6 aromatic carbocycles. The van der Waals surface area contributed by atoms with Crippen LogP contribution in [0.5, 0.6) is 23.0 Å². The molecule has 0 spiro atoms. The molecule has 0 radical (unpaired) electrons. The Hall–Kier alpha value is -9.06. The number of aromatic nitrogens is 4. The van der Waals surface area contributed by atoms with Crippen LogP contribution in [0.1, 0.15) is 11.1 Å². The summed E-state index contributed by atoms with van der Waals surface area (Å²) >= 11 is 0. The molecule has 17 nitrogen and oxygen atoms in total. The molecule has 4 N–H and O–H groups in total. The third kappa shape index (κ3) is 10.7. The summed E-state index contributed by atoms with van der Waals surface area (Å²) in [5, 5.41) is 23.8. The van der Waals surface area contributed by atoms with E-state index in [2.05, 4.69) is 47.1 Å². The van der Waals surface area contributed by atoms with Crippen molar-refractivity contribution in [2.24, 2.45) is 0 Å². The van der Waals surface area contributed by atoms with Crippen molar-refractivity contribution in [2.45, 2.75) is 6.18 Å². The van der Waals surface area contributed by atoms with Crippen molar-refractivity contribution in [1.82, 2.24) is 30.6 Å². The van der Waals surface area contributed by atoms with Gasteiger partial charge in [0.2, 0.25) is 0 Å². The first kappa shape index (κ1) is 46.7. The number of carbonyl (C=O) groups excluding carboxylic acids is 2. The maximum atomic E-state index is 14.7. The number of amides is 4. The van der Waals surface area contributed by atoms with Crippen LogP contribution in [0.25, 0.3) is 22.1 Å².